The Bertz CT molecular complexity index is 579. The summed E-state index contributed by atoms with van der Waals surface area (Å²) < 4.78 is 1.91. The average Bonchev–Trinajstić information content (AvgIpc) is 2.94. The van der Waals surface area contributed by atoms with Gasteiger partial charge in [0.05, 0.1) is 0 Å². The molecule has 0 atom stereocenters. The molecule has 0 radical (unpaired) electrons. The van der Waals surface area contributed by atoms with E-state index in [1.807, 2.05) is 34.9 Å². The van der Waals surface area contributed by atoms with Crippen molar-refractivity contribution < 1.29 is 0 Å². The van der Waals surface area contributed by atoms with E-state index in [4.69, 9.17) is 5.73 Å². The molecule has 2 aromatic rings. The predicted octanol–water partition coefficient (Wildman–Crippen LogP) is 2.34. The van der Waals surface area contributed by atoms with E-state index in [0.717, 1.165) is 24.5 Å². The summed E-state index contributed by atoms with van der Waals surface area (Å²) in [6.45, 7) is 5.59. The van der Waals surface area contributed by atoms with E-state index in [1.54, 1.807) is 6.33 Å². The molecule has 2 rings (SSSR count). The number of benzene rings is 1. The normalized spacial score (nSPS) is 11.3. The Kier molecular flexibility index (Phi) is 7.86. The molecule has 0 fully saturated rings. The Morgan fingerprint density at radius 1 is 1.32 bits per heavy atom. The minimum absolute atomic E-state index is 0. The smallest absolute Gasteiger partial charge is 0.189 e. The molecule has 0 aliphatic heterocycles. The van der Waals surface area contributed by atoms with Gasteiger partial charge in [0.15, 0.2) is 11.8 Å². The number of nitrogens with one attached hydrogen (secondary N) is 1. The Labute approximate surface area is 148 Å². The molecule has 0 spiro atoms. The lowest BCUT2D eigenvalue weighted by atomic mass is 10.1. The van der Waals surface area contributed by atoms with Crippen LogP contribution in [0.1, 0.15) is 26.1 Å². The molecule has 3 N–H and O–H groups in total. The van der Waals surface area contributed by atoms with Crippen molar-refractivity contribution in [3.63, 3.8) is 0 Å². The van der Waals surface area contributed by atoms with Gasteiger partial charge in [-0.1, -0.05) is 32.0 Å². The molecule has 0 aliphatic carbocycles. The highest BCUT2D eigenvalue weighted by atomic mass is 127. The van der Waals surface area contributed by atoms with Crippen LogP contribution >= 0.6 is 24.0 Å². The first-order valence-corrected chi connectivity index (χ1v) is 7.15. The molecular weight excluding hydrogens is 391 g/mol. The third-order valence-electron chi connectivity index (χ3n) is 3.07. The van der Waals surface area contributed by atoms with Crippen LogP contribution in [0.4, 0.5) is 0 Å². The van der Waals surface area contributed by atoms with E-state index >= 15 is 0 Å². The Morgan fingerprint density at radius 3 is 2.73 bits per heavy atom. The van der Waals surface area contributed by atoms with Crippen molar-refractivity contribution in [2.75, 3.05) is 6.54 Å². The van der Waals surface area contributed by atoms with Crippen molar-refractivity contribution in [2.45, 2.75) is 26.8 Å². The molecular formula is C15H23IN6. The Hall–Kier alpha value is -1.64. The summed E-state index contributed by atoms with van der Waals surface area (Å²) in [6, 6.07) is 9.93. The second-order valence-electron chi connectivity index (χ2n) is 5.26. The standard InChI is InChI=1S/C15H22N6.HI/c1-12(2)8-9-17-15(16)18-10-14-20-19-11-21(14)13-6-4-3-5-7-13;/h3-7,11-12H,8-10H2,1-2H3,(H3,16,17,18);1H. The SMILES string of the molecule is CC(C)CCNC(N)=NCc1nncn1-c1ccccc1.I. The average molecular weight is 414 g/mol. The molecule has 1 aromatic heterocycles. The number of aromatic nitrogens is 3. The number of nitrogens with zero attached hydrogens (tertiary/aromatic N) is 4. The van der Waals surface area contributed by atoms with Crippen molar-refractivity contribution in [1.29, 1.82) is 0 Å². The summed E-state index contributed by atoms with van der Waals surface area (Å²) in [5, 5.41) is 11.1. The molecule has 0 unspecified atom stereocenters. The van der Waals surface area contributed by atoms with Gasteiger partial charge < -0.3 is 11.1 Å². The van der Waals surface area contributed by atoms with Gasteiger partial charge in [-0.15, -0.1) is 34.2 Å². The fourth-order valence-electron chi connectivity index (χ4n) is 1.87. The van der Waals surface area contributed by atoms with Gasteiger partial charge in [0.25, 0.3) is 0 Å². The van der Waals surface area contributed by atoms with Gasteiger partial charge in [-0.3, -0.25) is 4.57 Å². The number of halogens is 1. The van der Waals surface area contributed by atoms with Crippen LogP contribution < -0.4 is 11.1 Å². The van der Waals surface area contributed by atoms with E-state index in [9.17, 15) is 0 Å². The number of aliphatic imine (C=N–C) groups is 1. The number of hydrogen-bond donors (Lipinski definition) is 2. The Morgan fingerprint density at radius 2 is 2.05 bits per heavy atom. The molecule has 0 saturated heterocycles. The number of para-hydroxylation sites is 1. The van der Waals surface area contributed by atoms with E-state index in [0.29, 0.717) is 18.4 Å². The molecule has 6 nitrogen and oxygen atoms in total. The second kappa shape index (κ2) is 9.39. The Balaban J connectivity index is 0.00000242. The predicted molar refractivity (Wildman–Crippen MR) is 99.6 cm³/mol. The highest BCUT2D eigenvalue weighted by Crippen LogP contribution is 2.09. The maximum Gasteiger partial charge on any atom is 0.189 e. The van der Waals surface area contributed by atoms with Crippen molar-refractivity contribution >= 4 is 29.9 Å². The summed E-state index contributed by atoms with van der Waals surface area (Å²) in [7, 11) is 0. The minimum Gasteiger partial charge on any atom is -0.370 e. The highest BCUT2D eigenvalue weighted by molar-refractivity contribution is 14.0. The van der Waals surface area contributed by atoms with Crippen LogP contribution in [0.15, 0.2) is 41.7 Å². The maximum atomic E-state index is 5.85. The lowest BCUT2D eigenvalue weighted by Gasteiger charge is -2.08. The van der Waals surface area contributed by atoms with Gasteiger partial charge in [-0.05, 0) is 24.5 Å². The number of guanidine groups is 1. The quantitative estimate of drug-likeness (QED) is 0.432. The van der Waals surface area contributed by atoms with Crippen molar-refractivity contribution in [3.05, 3.63) is 42.5 Å². The molecule has 0 amide bonds. The monoisotopic (exact) mass is 414 g/mol. The number of nitrogens with two attached hydrogens (primary N) is 1. The lowest BCUT2D eigenvalue weighted by molar-refractivity contribution is 0.576. The molecule has 0 bridgehead atoms. The summed E-state index contributed by atoms with van der Waals surface area (Å²) in [4.78, 5) is 4.31. The van der Waals surface area contributed by atoms with Crippen LogP contribution in [0.5, 0.6) is 0 Å². The second-order valence-corrected chi connectivity index (χ2v) is 5.26. The van der Waals surface area contributed by atoms with Crippen LogP contribution in [-0.2, 0) is 6.54 Å². The first-order chi connectivity index (χ1) is 10.2. The summed E-state index contributed by atoms with van der Waals surface area (Å²) in [5.41, 5.74) is 6.86. The minimum atomic E-state index is 0. The zero-order valence-electron chi connectivity index (χ0n) is 12.9. The van der Waals surface area contributed by atoms with Crippen LogP contribution in [0.3, 0.4) is 0 Å². The van der Waals surface area contributed by atoms with Gasteiger partial charge in [-0.2, -0.15) is 0 Å². The van der Waals surface area contributed by atoms with E-state index in [2.05, 4.69) is 34.4 Å². The molecule has 0 aliphatic rings. The largest absolute Gasteiger partial charge is 0.370 e. The molecule has 22 heavy (non-hydrogen) atoms. The van der Waals surface area contributed by atoms with Gasteiger partial charge in [0, 0.05) is 12.2 Å². The number of hydrogen-bond acceptors (Lipinski definition) is 3. The summed E-state index contributed by atoms with van der Waals surface area (Å²) >= 11 is 0. The van der Waals surface area contributed by atoms with Gasteiger partial charge in [-0.25, -0.2) is 4.99 Å². The van der Waals surface area contributed by atoms with Crippen LogP contribution in [0, 0.1) is 5.92 Å². The number of rotatable bonds is 6. The van der Waals surface area contributed by atoms with Crippen LogP contribution in [-0.4, -0.2) is 27.3 Å². The zero-order chi connectivity index (χ0) is 15.1. The van der Waals surface area contributed by atoms with Crippen LogP contribution in [0.2, 0.25) is 0 Å². The maximum absolute atomic E-state index is 5.85. The summed E-state index contributed by atoms with van der Waals surface area (Å²) in [6.07, 6.45) is 2.75. The molecule has 120 valence electrons. The highest BCUT2D eigenvalue weighted by Gasteiger charge is 2.05. The van der Waals surface area contributed by atoms with Gasteiger partial charge in [0.1, 0.15) is 12.9 Å². The molecule has 7 heteroatoms. The van der Waals surface area contributed by atoms with E-state index in [1.165, 1.54) is 0 Å². The first-order valence-electron chi connectivity index (χ1n) is 7.15. The van der Waals surface area contributed by atoms with Crippen molar-refractivity contribution in [2.24, 2.45) is 16.6 Å². The topological polar surface area (TPSA) is 81.1 Å². The fraction of sp³-hybridized carbons (Fsp3) is 0.400. The van der Waals surface area contributed by atoms with Crippen molar-refractivity contribution in [1.82, 2.24) is 20.1 Å². The van der Waals surface area contributed by atoms with Gasteiger partial charge in [0.2, 0.25) is 0 Å². The van der Waals surface area contributed by atoms with E-state index < -0.39 is 0 Å². The zero-order valence-corrected chi connectivity index (χ0v) is 15.3. The van der Waals surface area contributed by atoms with E-state index in [-0.39, 0.29) is 24.0 Å². The fourth-order valence-corrected chi connectivity index (χ4v) is 1.87. The molecule has 1 heterocycles. The van der Waals surface area contributed by atoms with Crippen LogP contribution in [0.25, 0.3) is 5.69 Å². The third-order valence-corrected chi connectivity index (χ3v) is 3.07. The van der Waals surface area contributed by atoms with Crippen molar-refractivity contribution in [3.8, 4) is 5.69 Å². The first kappa shape index (κ1) is 18.4. The molecule has 0 saturated carbocycles. The summed E-state index contributed by atoms with van der Waals surface area (Å²) in [5.74, 6) is 1.85. The lowest BCUT2D eigenvalue weighted by Crippen LogP contribution is -2.33. The van der Waals surface area contributed by atoms with Gasteiger partial charge >= 0.3 is 0 Å². The third kappa shape index (κ3) is 5.63. The molecule has 1 aromatic carbocycles.